The number of nitrogens with one attached hydrogen (secondary N) is 5. The Kier molecular flexibility index (Phi) is 11.3. The molecular weight excluding hydrogens is 554 g/mol. The zero-order valence-electron chi connectivity index (χ0n) is 22.3. The van der Waals surface area contributed by atoms with Crippen LogP contribution in [0.1, 0.15) is 24.1 Å². The number of nitrogens with zero attached hydrogens (tertiary/aromatic N) is 1. The molecule has 0 spiro atoms. The number of carbonyl (C=O) groups excluding carboxylic acids is 3. The van der Waals surface area contributed by atoms with Gasteiger partial charge in [-0.25, -0.2) is 9.78 Å². The van der Waals surface area contributed by atoms with E-state index in [9.17, 15) is 34.2 Å². The third kappa shape index (κ3) is 9.08. The highest BCUT2D eigenvalue weighted by molar-refractivity contribution is 7.98. The van der Waals surface area contributed by atoms with E-state index in [2.05, 4.69) is 30.9 Å². The van der Waals surface area contributed by atoms with Crippen molar-refractivity contribution >= 4 is 52.3 Å². The van der Waals surface area contributed by atoms with Crippen molar-refractivity contribution in [3.8, 4) is 0 Å². The molecule has 3 amide bonds. The van der Waals surface area contributed by atoms with E-state index in [1.54, 1.807) is 18.5 Å². The molecule has 14 nitrogen and oxygen atoms in total. The molecule has 3 rings (SSSR count). The molecule has 4 unspecified atom stereocenters. The Hall–Kier alpha value is -4.37. The number of H-pyrrole nitrogens is 2. The smallest absolute Gasteiger partial charge is 0.326 e. The standard InChI is InChI=1S/C26H33N7O7S/c1-41-7-6-19(26(39)40)31-24(37)20(8-14-11-29-18-5-3-2-4-16(14)18)33-25(38)21(10-22(34)35)32-23(36)17(27)9-15-12-28-13-30-15/h2-5,11-13,17,19-21,29H,6-10,27H2,1H3,(H,28,30)(H,31,37)(H,32,36)(H,33,38)(H,34,35)(H,39,40). The van der Waals surface area contributed by atoms with Gasteiger partial charge in [0.05, 0.1) is 18.8 Å². The second kappa shape index (κ2) is 14.9. The van der Waals surface area contributed by atoms with Crippen molar-refractivity contribution in [3.05, 3.63) is 54.2 Å². The normalized spacial score (nSPS) is 14.0. The lowest BCUT2D eigenvalue weighted by Gasteiger charge is -2.24. The van der Waals surface area contributed by atoms with Crippen LogP contribution in [0.15, 0.2) is 43.0 Å². The number of para-hydroxylation sites is 1. The van der Waals surface area contributed by atoms with Gasteiger partial charge in [-0.1, -0.05) is 18.2 Å². The van der Waals surface area contributed by atoms with Gasteiger partial charge in [-0.3, -0.25) is 19.2 Å². The van der Waals surface area contributed by atoms with Gasteiger partial charge >= 0.3 is 11.9 Å². The van der Waals surface area contributed by atoms with Gasteiger partial charge in [0.2, 0.25) is 17.7 Å². The quantitative estimate of drug-likeness (QED) is 0.110. The fourth-order valence-corrected chi connectivity index (χ4v) is 4.63. The van der Waals surface area contributed by atoms with Gasteiger partial charge in [0, 0.05) is 41.8 Å². The Morgan fingerprint density at radius 3 is 2.29 bits per heavy atom. The number of benzene rings is 1. The zero-order chi connectivity index (χ0) is 29.9. The summed E-state index contributed by atoms with van der Waals surface area (Å²) in [6.07, 6.45) is 5.77. The number of carbonyl (C=O) groups is 5. The summed E-state index contributed by atoms with van der Waals surface area (Å²) in [4.78, 5) is 72.4. The van der Waals surface area contributed by atoms with Gasteiger partial charge in [0.1, 0.15) is 18.1 Å². The largest absolute Gasteiger partial charge is 0.481 e. The Morgan fingerprint density at radius 1 is 0.951 bits per heavy atom. The van der Waals surface area contributed by atoms with Crippen molar-refractivity contribution in [2.45, 2.75) is 49.9 Å². The molecule has 2 aromatic heterocycles. The van der Waals surface area contributed by atoms with E-state index in [1.165, 1.54) is 24.3 Å². The molecule has 0 saturated heterocycles. The van der Waals surface area contributed by atoms with Crippen LogP contribution >= 0.6 is 11.8 Å². The summed E-state index contributed by atoms with van der Waals surface area (Å²) < 4.78 is 0. The summed E-state index contributed by atoms with van der Waals surface area (Å²) in [6, 6.07) is 2.13. The second-order valence-electron chi connectivity index (χ2n) is 9.35. The number of imidazole rings is 1. The van der Waals surface area contributed by atoms with Crippen LogP contribution in [-0.4, -0.2) is 91.0 Å². The number of hydrogen-bond donors (Lipinski definition) is 8. The first-order valence-corrected chi connectivity index (χ1v) is 14.1. The van der Waals surface area contributed by atoms with E-state index in [1.807, 2.05) is 18.2 Å². The van der Waals surface area contributed by atoms with E-state index in [4.69, 9.17) is 5.73 Å². The highest BCUT2D eigenvalue weighted by Crippen LogP contribution is 2.19. The van der Waals surface area contributed by atoms with Gasteiger partial charge in [0.15, 0.2) is 0 Å². The van der Waals surface area contributed by atoms with Crippen molar-refractivity contribution in [2.75, 3.05) is 12.0 Å². The first-order chi connectivity index (χ1) is 19.6. The lowest BCUT2D eigenvalue weighted by molar-refractivity contribution is -0.143. The van der Waals surface area contributed by atoms with Crippen LogP contribution in [0.2, 0.25) is 0 Å². The minimum Gasteiger partial charge on any atom is -0.481 e. The minimum absolute atomic E-state index is 0.0382. The summed E-state index contributed by atoms with van der Waals surface area (Å²) in [5.41, 5.74) is 7.96. The van der Waals surface area contributed by atoms with Crippen LogP contribution in [-0.2, 0) is 36.8 Å². The van der Waals surface area contributed by atoms with Crippen molar-refractivity contribution in [1.82, 2.24) is 30.9 Å². The number of thioether (sulfide) groups is 1. The number of aliphatic carboxylic acids is 2. The highest BCUT2D eigenvalue weighted by Gasteiger charge is 2.32. The average molecular weight is 588 g/mol. The van der Waals surface area contributed by atoms with Crippen LogP contribution in [0.5, 0.6) is 0 Å². The molecular formula is C26H33N7O7S. The maximum Gasteiger partial charge on any atom is 0.326 e. The highest BCUT2D eigenvalue weighted by atomic mass is 32.2. The fraction of sp³-hybridized carbons (Fsp3) is 0.385. The molecule has 0 saturated carbocycles. The van der Waals surface area contributed by atoms with Gasteiger partial charge in [-0.2, -0.15) is 11.8 Å². The Bertz CT molecular complexity index is 1360. The van der Waals surface area contributed by atoms with Gasteiger partial charge in [0.25, 0.3) is 0 Å². The average Bonchev–Trinajstić information content (AvgIpc) is 3.59. The fourth-order valence-electron chi connectivity index (χ4n) is 4.16. The predicted molar refractivity (Wildman–Crippen MR) is 151 cm³/mol. The zero-order valence-corrected chi connectivity index (χ0v) is 23.1. The molecule has 15 heteroatoms. The predicted octanol–water partition coefficient (Wildman–Crippen LogP) is -0.230. The van der Waals surface area contributed by atoms with Crippen molar-refractivity contribution < 1.29 is 34.2 Å². The number of aromatic amines is 2. The van der Waals surface area contributed by atoms with Crippen LogP contribution in [0.25, 0.3) is 10.9 Å². The van der Waals surface area contributed by atoms with Crippen LogP contribution < -0.4 is 21.7 Å². The molecule has 220 valence electrons. The Labute approximate surface area is 239 Å². The van der Waals surface area contributed by atoms with Gasteiger partial charge in [-0.15, -0.1) is 0 Å². The van der Waals surface area contributed by atoms with E-state index >= 15 is 0 Å². The molecule has 4 atom stereocenters. The maximum absolute atomic E-state index is 13.3. The van der Waals surface area contributed by atoms with Crippen molar-refractivity contribution in [3.63, 3.8) is 0 Å². The SMILES string of the molecule is CSCCC(NC(=O)C(Cc1c[nH]c2ccccc12)NC(=O)C(CC(=O)O)NC(=O)C(N)Cc1cnc[nH]1)C(=O)O. The molecule has 1 aromatic carbocycles. The Morgan fingerprint density at radius 2 is 1.63 bits per heavy atom. The van der Waals surface area contributed by atoms with Crippen molar-refractivity contribution in [2.24, 2.45) is 5.73 Å². The lowest BCUT2D eigenvalue weighted by Crippen LogP contribution is -2.58. The van der Waals surface area contributed by atoms with Crippen molar-refractivity contribution in [1.29, 1.82) is 0 Å². The molecule has 0 aliphatic carbocycles. The van der Waals surface area contributed by atoms with Crippen LogP contribution in [0.3, 0.4) is 0 Å². The molecule has 0 radical (unpaired) electrons. The molecule has 0 aliphatic heterocycles. The summed E-state index contributed by atoms with van der Waals surface area (Å²) in [6.45, 7) is 0. The molecule has 0 fully saturated rings. The van der Waals surface area contributed by atoms with E-state index in [0.29, 0.717) is 17.0 Å². The molecule has 0 bridgehead atoms. The number of aromatic nitrogens is 3. The molecule has 2 heterocycles. The molecule has 3 aromatic rings. The van der Waals surface area contributed by atoms with Crippen LogP contribution in [0.4, 0.5) is 0 Å². The second-order valence-corrected chi connectivity index (χ2v) is 10.3. The summed E-state index contributed by atoms with van der Waals surface area (Å²) >= 11 is 1.42. The first-order valence-electron chi connectivity index (χ1n) is 12.7. The van der Waals surface area contributed by atoms with Crippen LogP contribution in [0, 0.1) is 0 Å². The number of nitrogens with two attached hydrogens (primary N) is 1. The van der Waals surface area contributed by atoms with Gasteiger partial charge in [-0.05, 0) is 30.1 Å². The molecule has 0 aliphatic rings. The molecule has 9 N–H and O–H groups in total. The van der Waals surface area contributed by atoms with E-state index < -0.39 is 60.2 Å². The number of fused-ring (bicyclic) bond motifs is 1. The number of hydrogen-bond acceptors (Lipinski definition) is 8. The first kappa shape index (κ1) is 31.2. The minimum atomic E-state index is -1.56. The summed E-state index contributed by atoms with van der Waals surface area (Å²) in [7, 11) is 0. The number of rotatable bonds is 16. The van der Waals surface area contributed by atoms with E-state index in [-0.39, 0.29) is 19.3 Å². The number of carboxylic acid groups (broad SMARTS) is 2. The van der Waals surface area contributed by atoms with Gasteiger partial charge < -0.3 is 41.9 Å². The molecule has 41 heavy (non-hydrogen) atoms. The third-order valence-electron chi connectivity index (χ3n) is 6.30. The monoisotopic (exact) mass is 587 g/mol. The number of carboxylic acids is 2. The summed E-state index contributed by atoms with van der Waals surface area (Å²) in [5, 5.41) is 27.1. The Balaban J connectivity index is 1.81. The topological polar surface area (TPSA) is 232 Å². The number of amides is 3. The lowest BCUT2D eigenvalue weighted by atomic mass is 10.0. The summed E-state index contributed by atoms with van der Waals surface area (Å²) in [5.74, 6) is -4.61. The maximum atomic E-state index is 13.3. The third-order valence-corrected chi connectivity index (χ3v) is 6.94. The van der Waals surface area contributed by atoms with E-state index in [0.717, 1.165) is 10.9 Å².